The fourth-order valence-corrected chi connectivity index (χ4v) is 0.980. The van der Waals surface area contributed by atoms with Crippen molar-refractivity contribution in [2.75, 3.05) is 0 Å². The Morgan fingerprint density at radius 2 is 2.27 bits per heavy atom. The number of aromatic amines is 1. The summed E-state index contributed by atoms with van der Waals surface area (Å²) in [7, 11) is 0. The van der Waals surface area contributed by atoms with Crippen molar-refractivity contribution in [3.8, 4) is 5.88 Å². The second-order valence-corrected chi connectivity index (χ2v) is 2.23. The molecule has 0 fully saturated rings. The maximum atomic E-state index is 9.17. The average Bonchev–Trinajstić information content (AvgIpc) is 2.35. The number of nitrogens with zero attached hydrogens (tertiary/aromatic N) is 2. The van der Waals surface area contributed by atoms with Crippen LogP contribution in [0, 0.1) is 6.92 Å². The van der Waals surface area contributed by atoms with Gasteiger partial charge in [-0.25, -0.2) is 9.97 Å². The average molecular weight is 148 g/mol. The highest BCUT2D eigenvalue weighted by Crippen LogP contribution is 2.20. The lowest BCUT2D eigenvalue weighted by Crippen LogP contribution is -1.80. The van der Waals surface area contributed by atoms with Crippen molar-refractivity contribution >= 4 is 11.0 Å². The number of aromatic hydroxyl groups is 1. The molecule has 2 rings (SSSR count). The topological polar surface area (TPSA) is 61.8 Å². The molecule has 0 spiro atoms. The van der Waals surface area contributed by atoms with Gasteiger partial charge in [0.25, 0.3) is 0 Å². The highest BCUT2D eigenvalue weighted by molar-refractivity contribution is 5.83. The molecule has 0 aliphatic rings. The molecule has 0 bridgehead atoms. The van der Waals surface area contributed by atoms with Gasteiger partial charge in [0.2, 0.25) is 5.88 Å². The lowest BCUT2D eigenvalue weighted by Gasteiger charge is -1.91. The van der Waals surface area contributed by atoms with Gasteiger partial charge >= 0.3 is 0 Å². The Bertz CT molecular complexity index is 393. The van der Waals surface area contributed by atoms with Crippen molar-refractivity contribution in [2.45, 2.75) is 0 Å². The molecule has 2 heterocycles. The second kappa shape index (κ2) is 1.95. The number of hydrogen-bond donors (Lipinski definition) is 2. The maximum absolute atomic E-state index is 9.17. The summed E-state index contributed by atoms with van der Waals surface area (Å²) >= 11 is 0. The Morgan fingerprint density at radius 3 is 3.00 bits per heavy atom. The van der Waals surface area contributed by atoms with E-state index in [0.717, 1.165) is 5.56 Å². The van der Waals surface area contributed by atoms with Crippen molar-refractivity contribution < 1.29 is 5.11 Å². The Hall–Kier alpha value is -1.58. The van der Waals surface area contributed by atoms with E-state index in [4.69, 9.17) is 0 Å². The van der Waals surface area contributed by atoms with Crippen molar-refractivity contribution in [1.29, 1.82) is 0 Å². The number of rotatable bonds is 0. The summed E-state index contributed by atoms with van der Waals surface area (Å²) in [6, 6.07) is 0. The van der Waals surface area contributed by atoms with Crippen LogP contribution in [0.3, 0.4) is 0 Å². The van der Waals surface area contributed by atoms with Crippen LogP contribution in [0.15, 0.2) is 12.5 Å². The molecule has 4 heteroatoms. The minimum Gasteiger partial charge on any atom is -0.492 e. The molecule has 2 N–H and O–H groups in total. The number of H-pyrrole nitrogens is 1. The van der Waals surface area contributed by atoms with Gasteiger partial charge in [0.05, 0.1) is 5.52 Å². The molecule has 0 amide bonds. The normalized spacial score (nSPS) is 10.6. The molecule has 0 aliphatic heterocycles. The molecule has 0 aromatic carbocycles. The third-order valence-electron chi connectivity index (χ3n) is 1.52. The first-order valence-corrected chi connectivity index (χ1v) is 3.12. The van der Waals surface area contributed by atoms with Gasteiger partial charge < -0.3 is 10.1 Å². The summed E-state index contributed by atoms with van der Waals surface area (Å²) in [4.78, 5) is 10.4. The molecular weight excluding hydrogens is 142 g/mol. The SMILES string of the molecule is [CH2]c1c[nH]c2c(O)ncnc12. The summed E-state index contributed by atoms with van der Waals surface area (Å²) in [6.07, 6.45) is 2.99. The van der Waals surface area contributed by atoms with Crippen LogP contribution >= 0.6 is 0 Å². The molecule has 55 valence electrons. The Kier molecular flexibility index (Phi) is 1.09. The number of fused-ring (bicyclic) bond motifs is 1. The van der Waals surface area contributed by atoms with Crippen LogP contribution in [0.1, 0.15) is 5.56 Å². The molecule has 11 heavy (non-hydrogen) atoms. The third kappa shape index (κ3) is 0.756. The van der Waals surface area contributed by atoms with E-state index in [0.29, 0.717) is 11.0 Å². The van der Waals surface area contributed by atoms with Crippen molar-refractivity contribution in [1.82, 2.24) is 15.0 Å². The van der Waals surface area contributed by atoms with Gasteiger partial charge in [-0.1, -0.05) is 0 Å². The molecule has 0 saturated carbocycles. The monoisotopic (exact) mass is 148 g/mol. The zero-order valence-corrected chi connectivity index (χ0v) is 5.70. The van der Waals surface area contributed by atoms with Gasteiger partial charge in [-0.15, -0.1) is 0 Å². The van der Waals surface area contributed by atoms with Crippen LogP contribution < -0.4 is 0 Å². The Balaban J connectivity index is 2.94. The van der Waals surface area contributed by atoms with Crippen LogP contribution in [-0.4, -0.2) is 20.1 Å². The number of aromatic nitrogens is 3. The van der Waals surface area contributed by atoms with Gasteiger partial charge in [0.1, 0.15) is 11.8 Å². The maximum Gasteiger partial charge on any atom is 0.239 e. The Morgan fingerprint density at radius 1 is 1.45 bits per heavy atom. The van der Waals surface area contributed by atoms with E-state index < -0.39 is 0 Å². The molecular formula is C7H6N3O. The van der Waals surface area contributed by atoms with E-state index in [1.54, 1.807) is 6.20 Å². The molecule has 0 unspecified atom stereocenters. The zero-order chi connectivity index (χ0) is 7.84. The van der Waals surface area contributed by atoms with Crippen molar-refractivity contribution in [2.24, 2.45) is 0 Å². The molecule has 0 aliphatic carbocycles. The van der Waals surface area contributed by atoms with Gasteiger partial charge in [-0.05, 0) is 12.5 Å². The highest BCUT2D eigenvalue weighted by Gasteiger charge is 2.04. The summed E-state index contributed by atoms with van der Waals surface area (Å²) in [5.41, 5.74) is 1.97. The quantitative estimate of drug-likeness (QED) is 0.582. The zero-order valence-electron chi connectivity index (χ0n) is 5.70. The molecule has 4 nitrogen and oxygen atoms in total. The highest BCUT2D eigenvalue weighted by atomic mass is 16.3. The first-order chi connectivity index (χ1) is 5.29. The standard InChI is InChI=1S/C7H6N3O/c1-4-2-8-6-5(4)9-3-10-7(6)11/h2-3,8H,1H2,(H,9,10,11). The van der Waals surface area contributed by atoms with E-state index in [2.05, 4.69) is 21.9 Å². The lowest BCUT2D eigenvalue weighted by atomic mass is 10.3. The first kappa shape index (κ1) is 6.15. The third-order valence-corrected chi connectivity index (χ3v) is 1.52. The van der Waals surface area contributed by atoms with Crippen molar-refractivity contribution in [3.05, 3.63) is 25.0 Å². The minimum atomic E-state index is -0.0371. The lowest BCUT2D eigenvalue weighted by molar-refractivity contribution is 0.458. The van der Waals surface area contributed by atoms with Crippen LogP contribution in [0.25, 0.3) is 11.0 Å². The predicted octanol–water partition coefficient (Wildman–Crippen LogP) is 0.846. The van der Waals surface area contributed by atoms with E-state index in [1.165, 1.54) is 6.33 Å². The smallest absolute Gasteiger partial charge is 0.239 e. The van der Waals surface area contributed by atoms with Gasteiger partial charge in [-0.2, -0.15) is 0 Å². The van der Waals surface area contributed by atoms with Crippen LogP contribution in [0.2, 0.25) is 0 Å². The van der Waals surface area contributed by atoms with Crippen LogP contribution in [0.5, 0.6) is 5.88 Å². The number of hydrogen-bond acceptors (Lipinski definition) is 3. The van der Waals surface area contributed by atoms with Crippen LogP contribution in [0.4, 0.5) is 0 Å². The fourth-order valence-electron chi connectivity index (χ4n) is 0.980. The molecule has 2 aromatic heterocycles. The summed E-state index contributed by atoms with van der Waals surface area (Å²) in [6.45, 7) is 3.72. The summed E-state index contributed by atoms with van der Waals surface area (Å²) in [5, 5.41) is 9.17. The van der Waals surface area contributed by atoms with E-state index in [-0.39, 0.29) is 5.88 Å². The minimum absolute atomic E-state index is 0.0371. The molecule has 2 aromatic rings. The Labute approximate surface area is 62.9 Å². The van der Waals surface area contributed by atoms with E-state index in [9.17, 15) is 5.11 Å². The van der Waals surface area contributed by atoms with Gasteiger partial charge in [0.15, 0.2) is 0 Å². The van der Waals surface area contributed by atoms with Gasteiger partial charge in [-0.3, -0.25) is 0 Å². The first-order valence-electron chi connectivity index (χ1n) is 3.12. The summed E-state index contributed by atoms with van der Waals surface area (Å²) < 4.78 is 0. The predicted molar refractivity (Wildman–Crippen MR) is 40.0 cm³/mol. The van der Waals surface area contributed by atoms with Crippen LogP contribution in [-0.2, 0) is 0 Å². The molecule has 0 atom stereocenters. The largest absolute Gasteiger partial charge is 0.492 e. The fraction of sp³-hybridized carbons (Fsp3) is 0. The van der Waals surface area contributed by atoms with Crippen molar-refractivity contribution in [3.63, 3.8) is 0 Å². The van der Waals surface area contributed by atoms with Gasteiger partial charge in [0, 0.05) is 6.20 Å². The second-order valence-electron chi connectivity index (χ2n) is 2.23. The molecule has 1 radical (unpaired) electrons. The molecule has 0 saturated heterocycles. The summed E-state index contributed by atoms with van der Waals surface area (Å²) in [5.74, 6) is -0.0371. The number of nitrogens with one attached hydrogen (secondary N) is 1. The van der Waals surface area contributed by atoms with E-state index in [1.807, 2.05) is 0 Å². The van der Waals surface area contributed by atoms with E-state index >= 15 is 0 Å².